The summed E-state index contributed by atoms with van der Waals surface area (Å²) in [5.74, 6) is 1.76. The molecular weight excluding hydrogens is 356 g/mol. The molecule has 2 heterocycles. The summed E-state index contributed by atoms with van der Waals surface area (Å²) in [6.07, 6.45) is 6.03. The third-order valence-electron chi connectivity index (χ3n) is 6.48. The summed E-state index contributed by atoms with van der Waals surface area (Å²) in [4.78, 5) is 49.8. The third kappa shape index (κ3) is 2.69. The van der Waals surface area contributed by atoms with E-state index in [1.54, 1.807) is 0 Å². The summed E-state index contributed by atoms with van der Waals surface area (Å²) in [5.41, 5.74) is -1.51. The van der Waals surface area contributed by atoms with Crippen LogP contribution < -0.4 is 22.2 Å². The van der Waals surface area contributed by atoms with Gasteiger partial charge in [0.25, 0.3) is 22.2 Å². The first-order valence-electron chi connectivity index (χ1n) is 10.2. The molecule has 2 bridgehead atoms. The quantitative estimate of drug-likeness (QED) is 0.681. The fourth-order valence-corrected chi connectivity index (χ4v) is 5.14. The minimum atomic E-state index is -0.422. The van der Waals surface area contributed by atoms with E-state index in [9.17, 15) is 19.2 Å². The summed E-state index contributed by atoms with van der Waals surface area (Å²) in [7, 11) is 1.40. The number of hydrogen-bond donors (Lipinski definition) is 0. The molecule has 2 fully saturated rings. The molecule has 2 aromatic heterocycles. The minimum Gasteiger partial charge on any atom is -0.277 e. The molecule has 2 saturated carbocycles. The summed E-state index contributed by atoms with van der Waals surface area (Å²) in [6.45, 7) is 4.71. The van der Waals surface area contributed by atoms with E-state index in [0.717, 1.165) is 16.9 Å². The molecule has 5 rings (SSSR count). The average Bonchev–Trinajstić information content (AvgIpc) is 3.40. The highest BCUT2D eigenvalue weighted by atomic mass is 16.2. The fraction of sp³-hybridized carbons (Fsp3) is 0.545. The summed E-state index contributed by atoms with van der Waals surface area (Å²) >= 11 is 0. The Kier molecular flexibility index (Phi) is 4.60. The lowest BCUT2D eigenvalue weighted by Gasteiger charge is -2.21. The van der Waals surface area contributed by atoms with Crippen LogP contribution in [0, 0.1) is 17.8 Å². The predicted octanol–water partition coefficient (Wildman–Crippen LogP) is 2.30. The second-order valence-corrected chi connectivity index (χ2v) is 8.48. The Hall–Kier alpha value is -2.50. The van der Waals surface area contributed by atoms with E-state index < -0.39 is 11.1 Å². The van der Waals surface area contributed by atoms with Gasteiger partial charge in [-0.2, -0.15) is 0 Å². The van der Waals surface area contributed by atoms with Gasteiger partial charge in [0.05, 0.1) is 21.5 Å². The normalized spacial score (nSPS) is 23.5. The van der Waals surface area contributed by atoms with Crippen molar-refractivity contribution in [3.8, 4) is 0 Å². The first kappa shape index (κ1) is 18.8. The zero-order valence-electron chi connectivity index (χ0n) is 16.7. The molecule has 1 aromatic carbocycles. The molecule has 2 aliphatic rings. The number of rotatable bonds is 2. The van der Waals surface area contributed by atoms with E-state index in [4.69, 9.17) is 0 Å². The van der Waals surface area contributed by atoms with Crippen molar-refractivity contribution < 1.29 is 0 Å². The maximum absolute atomic E-state index is 12.8. The standard InChI is InChI=1S/C19H18N2O4.C3H8/c1-20-16(22)12-6-14-15(7-13(12)17(20)23)19(25)21(18(14)24)8-11-5-9-2-3-10(11)4-9;1-3-2/h6-7,9-11H,2-5,8H2,1H3;3H2,1-2H3. The molecule has 28 heavy (non-hydrogen) atoms. The summed E-state index contributed by atoms with van der Waals surface area (Å²) < 4.78 is 2.34. The molecule has 3 aromatic rings. The van der Waals surface area contributed by atoms with Crippen molar-refractivity contribution >= 4 is 21.5 Å². The Balaban J connectivity index is 0.000000604. The van der Waals surface area contributed by atoms with Crippen LogP contribution in [0.3, 0.4) is 0 Å². The second-order valence-electron chi connectivity index (χ2n) is 8.48. The lowest BCUT2D eigenvalue weighted by molar-refractivity contribution is 0.292. The van der Waals surface area contributed by atoms with Crippen LogP contribution in [0.25, 0.3) is 21.5 Å². The van der Waals surface area contributed by atoms with Gasteiger partial charge in [-0.05, 0) is 49.1 Å². The molecule has 6 heteroatoms. The molecular formula is C22H26N2O4. The maximum Gasteiger partial charge on any atom is 0.261 e. The molecule has 0 saturated heterocycles. The molecule has 0 aliphatic heterocycles. The summed E-state index contributed by atoms with van der Waals surface area (Å²) in [5, 5.41) is 0.940. The number of nitrogens with zero attached hydrogens (tertiary/aromatic N) is 2. The van der Waals surface area contributed by atoms with Crippen LogP contribution in [0.15, 0.2) is 31.3 Å². The zero-order valence-corrected chi connectivity index (χ0v) is 16.7. The number of hydrogen-bond acceptors (Lipinski definition) is 4. The van der Waals surface area contributed by atoms with Gasteiger partial charge in [-0.1, -0.05) is 26.7 Å². The van der Waals surface area contributed by atoms with Crippen LogP contribution >= 0.6 is 0 Å². The molecule has 0 radical (unpaired) electrons. The topological polar surface area (TPSA) is 78.1 Å². The molecule has 0 N–H and O–H groups in total. The molecule has 3 unspecified atom stereocenters. The minimum absolute atomic E-state index is 0.217. The van der Waals surface area contributed by atoms with Crippen molar-refractivity contribution in [3.63, 3.8) is 0 Å². The van der Waals surface area contributed by atoms with Crippen LogP contribution in [-0.2, 0) is 13.6 Å². The van der Waals surface area contributed by atoms with E-state index in [-0.39, 0.29) is 32.7 Å². The predicted molar refractivity (Wildman–Crippen MR) is 111 cm³/mol. The number of benzene rings is 1. The van der Waals surface area contributed by atoms with E-state index in [1.807, 2.05) is 0 Å². The third-order valence-corrected chi connectivity index (χ3v) is 6.48. The van der Waals surface area contributed by atoms with Gasteiger partial charge in [0.1, 0.15) is 0 Å². The van der Waals surface area contributed by atoms with Crippen molar-refractivity contribution in [2.75, 3.05) is 0 Å². The largest absolute Gasteiger partial charge is 0.277 e. The Morgan fingerprint density at radius 3 is 1.75 bits per heavy atom. The monoisotopic (exact) mass is 382 g/mol. The average molecular weight is 382 g/mol. The second kappa shape index (κ2) is 6.83. The van der Waals surface area contributed by atoms with Gasteiger partial charge in [0.2, 0.25) is 0 Å². The zero-order chi connectivity index (χ0) is 20.2. The van der Waals surface area contributed by atoms with E-state index in [0.29, 0.717) is 18.4 Å². The van der Waals surface area contributed by atoms with Gasteiger partial charge in [0, 0.05) is 13.6 Å². The summed E-state index contributed by atoms with van der Waals surface area (Å²) in [6, 6.07) is 2.85. The van der Waals surface area contributed by atoms with Gasteiger partial charge in [0.15, 0.2) is 0 Å². The number of fused-ring (bicyclic) bond motifs is 4. The van der Waals surface area contributed by atoms with Gasteiger partial charge in [-0.3, -0.25) is 28.3 Å². The van der Waals surface area contributed by atoms with Crippen LogP contribution in [0.1, 0.15) is 46.0 Å². The van der Waals surface area contributed by atoms with Crippen molar-refractivity contribution in [2.24, 2.45) is 24.8 Å². The van der Waals surface area contributed by atoms with Gasteiger partial charge >= 0.3 is 0 Å². The van der Waals surface area contributed by atoms with Crippen LogP contribution in [-0.4, -0.2) is 9.13 Å². The SMILES string of the molecule is CCC.Cn1c(=O)c2cc3c(=O)n(CC4CC5CCC4C5)c(=O)c3cc2c1=O. The van der Waals surface area contributed by atoms with Crippen molar-refractivity contribution in [2.45, 2.75) is 52.5 Å². The Morgan fingerprint density at radius 1 is 0.821 bits per heavy atom. The Bertz CT molecular complexity index is 1180. The molecule has 148 valence electrons. The molecule has 0 spiro atoms. The highest BCUT2D eigenvalue weighted by Gasteiger charge is 2.40. The maximum atomic E-state index is 12.8. The van der Waals surface area contributed by atoms with Crippen molar-refractivity contribution in [3.05, 3.63) is 53.5 Å². The first-order valence-corrected chi connectivity index (χ1v) is 10.2. The lowest BCUT2D eigenvalue weighted by Crippen LogP contribution is -2.30. The highest BCUT2D eigenvalue weighted by molar-refractivity contribution is 5.97. The molecule has 2 aliphatic carbocycles. The van der Waals surface area contributed by atoms with Crippen molar-refractivity contribution in [1.82, 2.24) is 9.13 Å². The van der Waals surface area contributed by atoms with Crippen LogP contribution in [0.5, 0.6) is 0 Å². The first-order chi connectivity index (χ1) is 13.4. The van der Waals surface area contributed by atoms with Gasteiger partial charge in [-0.15, -0.1) is 0 Å². The van der Waals surface area contributed by atoms with E-state index in [2.05, 4.69) is 13.8 Å². The van der Waals surface area contributed by atoms with Crippen LogP contribution in [0.4, 0.5) is 0 Å². The fourth-order valence-electron chi connectivity index (χ4n) is 5.14. The molecule has 0 amide bonds. The smallest absolute Gasteiger partial charge is 0.261 e. The van der Waals surface area contributed by atoms with Crippen molar-refractivity contribution in [1.29, 1.82) is 0 Å². The molecule has 6 nitrogen and oxygen atoms in total. The Morgan fingerprint density at radius 2 is 1.32 bits per heavy atom. The van der Waals surface area contributed by atoms with Crippen LogP contribution in [0.2, 0.25) is 0 Å². The molecule has 3 atom stereocenters. The number of aromatic nitrogens is 2. The van der Waals surface area contributed by atoms with E-state index in [1.165, 1.54) is 49.4 Å². The highest BCUT2D eigenvalue weighted by Crippen LogP contribution is 2.48. The van der Waals surface area contributed by atoms with Gasteiger partial charge < -0.3 is 0 Å². The lowest BCUT2D eigenvalue weighted by atomic mass is 9.89. The van der Waals surface area contributed by atoms with E-state index >= 15 is 0 Å². The van der Waals surface area contributed by atoms with Gasteiger partial charge in [-0.25, -0.2) is 0 Å². The Labute approximate surface area is 162 Å².